The van der Waals surface area contributed by atoms with E-state index < -0.39 is 23.7 Å². The number of nitrogens with one attached hydrogen (secondary N) is 1. The fraction of sp³-hybridized carbons (Fsp3) is 0.222. The van der Waals surface area contributed by atoms with E-state index in [4.69, 9.17) is 22.1 Å². The first-order chi connectivity index (χ1) is 19.7. The summed E-state index contributed by atoms with van der Waals surface area (Å²) in [6.45, 7) is 5.38. The number of aromatic nitrogens is 5. The monoisotopic (exact) mass is 617 g/mol. The fourth-order valence-corrected chi connectivity index (χ4v) is 5.49. The maximum atomic E-state index is 13.8. The zero-order valence-electron chi connectivity index (χ0n) is 22.6. The number of ether oxygens (including phenoxy) is 1. The molecule has 15 heteroatoms. The van der Waals surface area contributed by atoms with Gasteiger partial charge in [-0.05, 0) is 61.7 Å². The summed E-state index contributed by atoms with van der Waals surface area (Å²) in [5, 5.41) is 11.8. The van der Waals surface area contributed by atoms with Crippen LogP contribution in [0.3, 0.4) is 0 Å². The van der Waals surface area contributed by atoms with Crippen LogP contribution in [0.15, 0.2) is 36.7 Å². The average Bonchev–Trinajstić information content (AvgIpc) is 3.63. The third kappa shape index (κ3) is 5.42. The topological polar surface area (TPSA) is 130 Å². The highest BCUT2D eigenvalue weighted by Gasteiger charge is 2.35. The van der Waals surface area contributed by atoms with Crippen molar-refractivity contribution in [3.8, 4) is 16.9 Å². The maximum Gasteiger partial charge on any atom is 0.433 e. The molecule has 0 radical (unpaired) electrons. The second-order valence-electron chi connectivity index (χ2n) is 9.51. The van der Waals surface area contributed by atoms with Gasteiger partial charge in [-0.1, -0.05) is 11.6 Å². The van der Waals surface area contributed by atoms with Gasteiger partial charge in [0.05, 0.1) is 11.9 Å². The first kappa shape index (κ1) is 29.1. The van der Waals surface area contributed by atoms with Crippen LogP contribution in [0.4, 0.5) is 18.9 Å². The number of amides is 2. The molecule has 0 spiro atoms. The van der Waals surface area contributed by atoms with Crippen LogP contribution in [-0.2, 0) is 20.0 Å². The third-order valence-corrected chi connectivity index (χ3v) is 8.28. The number of rotatable bonds is 7. The zero-order valence-corrected chi connectivity index (χ0v) is 24.2. The van der Waals surface area contributed by atoms with Crippen molar-refractivity contribution in [1.29, 1.82) is 0 Å². The summed E-state index contributed by atoms with van der Waals surface area (Å²) in [4.78, 5) is 29.1. The number of hydrogen-bond donors (Lipinski definition) is 2. The summed E-state index contributed by atoms with van der Waals surface area (Å²) >= 11 is 6.86. The molecule has 0 fully saturated rings. The van der Waals surface area contributed by atoms with Crippen LogP contribution in [0.5, 0.6) is 5.75 Å². The van der Waals surface area contributed by atoms with Crippen LogP contribution in [-0.4, -0.2) is 36.4 Å². The lowest BCUT2D eigenvalue weighted by atomic mass is 10.0. The SMILES string of the molecule is Cc1cc(OCn2ccc(C(=O)Nc3c(C(N)=O)sc4nc(C(F)(F)F)cc(-c5cnn(C)c5C)c34)n2)cc(C)c1Cl. The van der Waals surface area contributed by atoms with E-state index in [0.29, 0.717) is 33.4 Å². The molecule has 2 amide bonds. The van der Waals surface area contributed by atoms with Crippen LogP contribution in [0, 0.1) is 20.8 Å². The molecule has 4 aromatic heterocycles. The van der Waals surface area contributed by atoms with Gasteiger partial charge in [0, 0.05) is 34.9 Å². The van der Waals surface area contributed by atoms with E-state index in [1.165, 1.54) is 27.8 Å². The lowest BCUT2D eigenvalue weighted by Gasteiger charge is -2.12. The number of carbonyl (C=O) groups is 2. The summed E-state index contributed by atoms with van der Waals surface area (Å²) in [7, 11) is 1.64. The molecule has 10 nitrogen and oxygen atoms in total. The van der Waals surface area contributed by atoms with Crippen molar-refractivity contribution in [2.24, 2.45) is 12.8 Å². The van der Waals surface area contributed by atoms with Gasteiger partial charge >= 0.3 is 6.18 Å². The molecule has 1 aromatic carbocycles. The van der Waals surface area contributed by atoms with E-state index in [-0.39, 0.29) is 38.8 Å². The minimum Gasteiger partial charge on any atom is -0.471 e. The molecule has 0 unspecified atom stereocenters. The number of thiophene rings is 1. The number of benzene rings is 1. The van der Waals surface area contributed by atoms with Gasteiger partial charge < -0.3 is 15.8 Å². The summed E-state index contributed by atoms with van der Waals surface area (Å²) in [6, 6.07) is 5.85. The third-order valence-electron chi connectivity index (χ3n) is 6.59. The predicted octanol–water partition coefficient (Wildman–Crippen LogP) is 5.88. The van der Waals surface area contributed by atoms with Gasteiger partial charge in [-0.2, -0.15) is 23.4 Å². The Labute approximate surface area is 245 Å². The Bertz CT molecular complexity index is 1850. The highest BCUT2D eigenvalue weighted by atomic mass is 35.5. The highest BCUT2D eigenvalue weighted by molar-refractivity contribution is 7.21. The summed E-state index contributed by atoms with van der Waals surface area (Å²) in [5.74, 6) is -1.10. The van der Waals surface area contributed by atoms with Crippen molar-refractivity contribution in [3.05, 3.63) is 74.8 Å². The molecular weight excluding hydrogens is 595 g/mol. The molecular formula is C27H23ClF3N7O3S. The Kier molecular flexibility index (Phi) is 7.45. The van der Waals surface area contributed by atoms with Gasteiger partial charge in [-0.15, -0.1) is 11.3 Å². The number of aryl methyl sites for hydroxylation is 3. The second-order valence-corrected chi connectivity index (χ2v) is 10.9. The van der Waals surface area contributed by atoms with Gasteiger partial charge in [0.25, 0.3) is 11.8 Å². The Morgan fingerprint density at radius 1 is 1.14 bits per heavy atom. The van der Waals surface area contributed by atoms with E-state index >= 15 is 0 Å². The Balaban J connectivity index is 1.51. The predicted molar refractivity (Wildman–Crippen MR) is 152 cm³/mol. The normalized spacial score (nSPS) is 11.7. The van der Waals surface area contributed by atoms with Crippen molar-refractivity contribution in [2.45, 2.75) is 33.7 Å². The molecule has 5 rings (SSSR count). The summed E-state index contributed by atoms with van der Waals surface area (Å²) in [6.07, 6.45) is -1.84. The van der Waals surface area contributed by atoms with Gasteiger partial charge in [-0.25, -0.2) is 9.67 Å². The number of hydrogen-bond acceptors (Lipinski definition) is 7. The van der Waals surface area contributed by atoms with Crippen LogP contribution in [0.2, 0.25) is 5.02 Å². The average molecular weight is 618 g/mol. The number of nitrogens with two attached hydrogens (primary N) is 1. The Morgan fingerprint density at radius 2 is 1.83 bits per heavy atom. The maximum absolute atomic E-state index is 13.8. The zero-order chi connectivity index (χ0) is 30.5. The van der Waals surface area contributed by atoms with Gasteiger partial charge in [0.15, 0.2) is 12.4 Å². The number of alkyl halides is 3. The first-order valence-corrected chi connectivity index (χ1v) is 13.5. The summed E-state index contributed by atoms with van der Waals surface area (Å²) < 4.78 is 50.0. The molecule has 3 N–H and O–H groups in total. The number of halogens is 4. The van der Waals surface area contributed by atoms with Crippen LogP contribution in [0.1, 0.15) is 42.7 Å². The van der Waals surface area contributed by atoms with Crippen LogP contribution >= 0.6 is 22.9 Å². The minimum absolute atomic E-state index is 0.0176. The standard InChI is InChI=1S/C27H23ClF3N7O3S/c1-12-7-15(8-13(2)21(12)28)41-11-38-6-5-18(36-38)25(40)35-22-20-16(17-10-33-37(4)14(17)3)9-19(27(29,30)31)34-26(20)42-23(22)24(32)39/h5-10H,11H2,1-4H3,(H2,32,39)(H,35,40). The number of carbonyl (C=O) groups excluding carboxylic acids is 2. The molecule has 0 aliphatic heterocycles. The molecule has 218 valence electrons. The smallest absolute Gasteiger partial charge is 0.433 e. The molecule has 0 saturated carbocycles. The molecule has 42 heavy (non-hydrogen) atoms. The van der Waals surface area contributed by atoms with E-state index in [9.17, 15) is 22.8 Å². The summed E-state index contributed by atoms with van der Waals surface area (Å²) in [5.41, 5.74) is 7.03. The quantitative estimate of drug-likeness (QED) is 0.235. The molecule has 0 bridgehead atoms. The minimum atomic E-state index is -4.77. The number of primary amides is 1. The van der Waals surface area contributed by atoms with E-state index in [1.807, 2.05) is 13.8 Å². The van der Waals surface area contributed by atoms with Gasteiger partial charge in [0.1, 0.15) is 21.2 Å². The molecule has 0 saturated heterocycles. The second kappa shape index (κ2) is 10.8. The number of fused-ring (bicyclic) bond motifs is 1. The van der Waals surface area contributed by atoms with Crippen molar-refractivity contribution >= 4 is 50.7 Å². The Hall–Kier alpha value is -4.43. The van der Waals surface area contributed by atoms with E-state index in [2.05, 4.69) is 20.5 Å². The first-order valence-electron chi connectivity index (χ1n) is 12.3. The van der Waals surface area contributed by atoms with Crippen molar-refractivity contribution in [3.63, 3.8) is 0 Å². The van der Waals surface area contributed by atoms with Gasteiger partial charge in [-0.3, -0.25) is 14.3 Å². The number of nitrogens with zero attached hydrogens (tertiary/aromatic N) is 5. The van der Waals surface area contributed by atoms with E-state index in [1.54, 1.807) is 26.1 Å². The van der Waals surface area contributed by atoms with Gasteiger partial charge in [0.2, 0.25) is 0 Å². The van der Waals surface area contributed by atoms with Crippen LogP contribution in [0.25, 0.3) is 21.3 Å². The molecule has 0 aliphatic rings. The van der Waals surface area contributed by atoms with Crippen molar-refractivity contribution < 1.29 is 27.5 Å². The lowest BCUT2D eigenvalue weighted by molar-refractivity contribution is -0.140. The molecule has 0 aliphatic carbocycles. The fourth-order valence-electron chi connectivity index (χ4n) is 4.37. The van der Waals surface area contributed by atoms with Crippen molar-refractivity contribution in [1.82, 2.24) is 24.5 Å². The number of pyridine rings is 1. The largest absolute Gasteiger partial charge is 0.471 e. The Morgan fingerprint density at radius 3 is 2.43 bits per heavy atom. The van der Waals surface area contributed by atoms with Crippen LogP contribution < -0.4 is 15.8 Å². The molecule has 5 aromatic rings. The number of anilines is 1. The highest BCUT2D eigenvalue weighted by Crippen LogP contribution is 2.44. The van der Waals surface area contributed by atoms with Crippen molar-refractivity contribution in [2.75, 3.05) is 5.32 Å². The molecule has 4 heterocycles. The lowest BCUT2D eigenvalue weighted by Crippen LogP contribution is -2.18. The van der Waals surface area contributed by atoms with E-state index in [0.717, 1.165) is 17.2 Å². The molecule has 0 atom stereocenters.